The fraction of sp³-hybridized carbons (Fsp3) is 0.318. The van der Waals surface area contributed by atoms with E-state index in [4.69, 9.17) is 9.47 Å². The first-order valence-corrected chi connectivity index (χ1v) is 43.1. The summed E-state index contributed by atoms with van der Waals surface area (Å²) >= 11 is 8.91. The van der Waals surface area contributed by atoms with Crippen molar-refractivity contribution in [3.05, 3.63) is 203 Å². The van der Waals surface area contributed by atoms with Gasteiger partial charge in [0.2, 0.25) is 5.75 Å². The average Bonchev–Trinajstić information content (AvgIpc) is 1.67. The molecule has 11 heterocycles. The highest BCUT2D eigenvalue weighted by Gasteiger charge is 2.26. The summed E-state index contributed by atoms with van der Waals surface area (Å²) in [7, 11) is 2.98. The molecule has 5 aliphatic carbocycles. The molecule has 0 amide bonds. The summed E-state index contributed by atoms with van der Waals surface area (Å²) in [6.07, 6.45) is 42.0. The number of phenols is 1. The highest BCUT2D eigenvalue weighted by atomic mass is 32.1. The van der Waals surface area contributed by atoms with E-state index in [0.29, 0.717) is 28.7 Å². The first-order valence-electron chi connectivity index (χ1n) is 39.0. The predicted molar refractivity (Wildman–Crippen MR) is 470 cm³/mol. The third-order valence-corrected chi connectivity index (χ3v) is 26.6. The minimum absolute atomic E-state index is 0.0347. The van der Waals surface area contributed by atoms with Crippen molar-refractivity contribution >= 4 is 167 Å². The van der Waals surface area contributed by atoms with Gasteiger partial charge >= 0.3 is 0 Å². The molecule has 3 aromatic carbocycles. The molecule has 30 heteroatoms. The third-order valence-electron chi connectivity index (χ3n) is 20.6. The Morgan fingerprint density at radius 1 is 0.409 bits per heavy atom. The molecule has 0 bridgehead atoms. The Morgan fingerprint density at radius 3 is 1.12 bits per heavy atom. The van der Waals surface area contributed by atoms with E-state index in [1.807, 2.05) is 35.8 Å². The zero-order chi connectivity index (χ0) is 78.8. The van der Waals surface area contributed by atoms with Gasteiger partial charge < -0.3 is 14.6 Å². The van der Waals surface area contributed by atoms with E-state index in [2.05, 4.69) is 152 Å². The van der Waals surface area contributed by atoms with E-state index in [0.717, 1.165) is 144 Å². The zero-order valence-electron chi connectivity index (χ0n) is 64.7. The van der Waals surface area contributed by atoms with Gasteiger partial charge in [0.15, 0.2) is 40.6 Å². The number of hydrogen-bond donors (Lipinski definition) is 6. The van der Waals surface area contributed by atoms with Gasteiger partial charge in [-0.3, -0.25) is 32.1 Å². The summed E-state index contributed by atoms with van der Waals surface area (Å²) in [5, 5.41) is 37.2. The van der Waals surface area contributed by atoms with Crippen LogP contribution in [0.5, 0.6) is 17.2 Å². The van der Waals surface area contributed by atoms with Gasteiger partial charge in [-0.25, -0.2) is 54.2 Å². The second kappa shape index (κ2) is 38.2. The number of ether oxygens (including phenoxy) is 2. The summed E-state index contributed by atoms with van der Waals surface area (Å²) < 4.78 is 23.9. The number of aryl methyl sites for hydroxylation is 11. The van der Waals surface area contributed by atoms with Crippen LogP contribution >= 0.6 is 56.7 Å². The first-order chi connectivity index (χ1) is 56.6. The molecule has 0 atom stereocenters. The molecule has 5 aliphatic rings. The van der Waals surface area contributed by atoms with Gasteiger partial charge in [-0.05, 0) is 212 Å². The van der Waals surface area contributed by atoms with Gasteiger partial charge in [0, 0.05) is 47.4 Å². The molecule has 0 fully saturated rings. The van der Waals surface area contributed by atoms with Crippen molar-refractivity contribution in [1.29, 1.82) is 0 Å². The lowest BCUT2D eigenvalue weighted by molar-refractivity contribution is 0.340. The SMILES string of the molecule is C(=N/Nc1ncnc2sc3c(c12)CCCC3)/c1ccccn1.CCC(CC)=NNc1ncnc2sc3c(c12)CCCC3.COc1cc(/C=N\Nc2ncnc3sc4c(c23)CCCC4)cc(OC)c1O.Cc1ccc(/C=N\Nc2ncnc3sc4c(c23)CCCC4)cc1.Fc1ccccc1/C=N\Nc1ncnc2sc3c(c12)CCCC3. The van der Waals surface area contributed by atoms with Crippen LogP contribution < -0.4 is 36.6 Å². The molecule has 14 aromatic rings. The van der Waals surface area contributed by atoms with Crippen molar-refractivity contribution < 1.29 is 19.0 Å². The van der Waals surface area contributed by atoms with E-state index in [-0.39, 0.29) is 11.6 Å². The molecule has 0 aliphatic heterocycles. The number of fused-ring (bicyclic) bond motifs is 15. The molecular weight excluding hydrogens is 1540 g/mol. The van der Waals surface area contributed by atoms with E-state index >= 15 is 0 Å². The maximum absolute atomic E-state index is 13.6. The lowest BCUT2D eigenvalue weighted by Crippen LogP contribution is -2.03. The van der Waals surface area contributed by atoms with Crippen LogP contribution in [0.3, 0.4) is 0 Å². The largest absolute Gasteiger partial charge is 0.502 e. The normalized spacial score (nSPS) is 14.1. The topological polar surface area (TPSA) is 302 Å². The van der Waals surface area contributed by atoms with Crippen molar-refractivity contribution in [2.75, 3.05) is 41.3 Å². The number of aromatic hydroxyl groups is 1. The number of nitrogens with one attached hydrogen (secondary N) is 5. The molecule has 6 N–H and O–H groups in total. The monoisotopic (exact) mass is 1630 g/mol. The predicted octanol–water partition coefficient (Wildman–Crippen LogP) is 19.8. The molecule has 0 saturated carbocycles. The maximum atomic E-state index is 13.6. The molecule has 11 aromatic heterocycles. The van der Waals surface area contributed by atoms with Crippen LogP contribution in [0.2, 0.25) is 0 Å². The summed E-state index contributed by atoms with van der Waals surface area (Å²) in [6, 6.07) is 23.9. The lowest BCUT2D eigenvalue weighted by Gasteiger charge is -2.11. The summed E-state index contributed by atoms with van der Waals surface area (Å²) in [5.74, 6) is 4.21. The fourth-order valence-electron chi connectivity index (χ4n) is 14.7. The average molecular weight is 1630 g/mol. The van der Waals surface area contributed by atoms with Crippen molar-refractivity contribution in [2.24, 2.45) is 25.5 Å². The maximum Gasteiger partial charge on any atom is 0.200 e. The Morgan fingerprint density at radius 2 is 0.757 bits per heavy atom. The Bertz CT molecular complexity index is 5870. The highest BCUT2D eigenvalue weighted by Crippen LogP contribution is 2.44. The number of hydrogen-bond acceptors (Lipinski definition) is 29. The number of hydrazone groups is 5. The summed E-state index contributed by atoms with van der Waals surface area (Å²) in [4.78, 5) is 60.6. The van der Waals surface area contributed by atoms with Gasteiger partial charge in [0.25, 0.3) is 0 Å². The number of thiophene rings is 5. The number of aromatic nitrogens is 11. The number of benzene rings is 3. The van der Waals surface area contributed by atoms with Crippen LogP contribution in [0.1, 0.15) is 171 Å². The first kappa shape index (κ1) is 78.9. The van der Waals surface area contributed by atoms with E-state index in [1.54, 1.807) is 126 Å². The minimum atomic E-state index is -0.293. The number of pyridine rings is 1. The van der Waals surface area contributed by atoms with Crippen LogP contribution in [0.4, 0.5) is 33.5 Å². The minimum Gasteiger partial charge on any atom is -0.502 e. The molecule has 588 valence electrons. The standard InChI is InChI=1S/C19H20N4O3S.C18H18N4S.C17H15FN4S.C16H15N5S.C15H20N4S/c1-25-13-7-11(8-14(26-2)17(13)24)9-22-23-18-16-12-5-3-4-6-15(12)27-19(16)21-10-20-18;1-12-6-8-13(9-7-12)10-21-22-17-16-14-4-2-3-5-15(14)23-18(16)20-11-19-17;18-13-7-3-1-5-11(13)9-21-22-16-15-12-6-2-4-8-14(12)23-17(15)20-10-19-16;1-2-7-13-12(6-1)14-15(18-10-19-16(14)22-13)21-20-9-11-5-3-4-8-17-11;1-3-10(4-2)18-19-14-13-11-7-5-6-8-12(11)20-15(13)17-9-16-14/h7-10,24H,3-6H2,1-2H3,(H,20,21,23);6-11H,2-5H2,1H3,(H,19,20,22);1,3,5,7,9-10H,2,4,6,8H2,(H,19,20,22);3-5,8-10H,1-2,6-7H2,(H,18,19,21);9H,3-8H2,1-2H3,(H,16,17,19)/b22-9-;21-10-;21-9-;20-9-;. The number of methoxy groups -OCH3 is 2. The Labute approximate surface area is 685 Å². The summed E-state index contributed by atoms with van der Waals surface area (Å²) in [5.41, 5.74) is 27.8. The Hall–Kier alpha value is -11.3. The van der Waals surface area contributed by atoms with Crippen LogP contribution in [0.25, 0.3) is 51.1 Å². The zero-order valence-corrected chi connectivity index (χ0v) is 68.8. The number of anilines is 5. The van der Waals surface area contributed by atoms with Gasteiger partial charge in [-0.15, -0.1) is 56.7 Å². The smallest absolute Gasteiger partial charge is 0.200 e. The number of rotatable bonds is 18. The molecule has 0 saturated heterocycles. The van der Waals surface area contributed by atoms with Crippen LogP contribution in [-0.2, 0) is 64.2 Å². The van der Waals surface area contributed by atoms with Crippen molar-refractivity contribution in [3.8, 4) is 17.2 Å². The fourth-order valence-corrected chi connectivity index (χ4v) is 20.9. The van der Waals surface area contributed by atoms with Crippen molar-refractivity contribution in [1.82, 2.24) is 54.8 Å². The Balaban J connectivity index is 0.000000113. The lowest BCUT2D eigenvalue weighted by atomic mass is 9.97. The second-order valence-corrected chi connectivity index (χ2v) is 33.4. The summed E-state index contributed by atoms with van der Waals surface area (Å²) in [6.45, 7) is 6.34. The number of phenolic OH excluding ortho intramolecular Hbond substituents is 1. The number of nitrogens with zero attached hydrogens (tertiary/aromatic N) is 16. The molecule has 115 heavy (non-hydrogen) atoms. The molecule has 0 radical (unpaired) electrons. The molecule has 0 spiro atoms. The van der Waals surface area contributed by atoms with Gasteiger partial charge in [-0.2, -0.15) is 25.5 Å². The highest BCUT2D eigenvalue weighted by molar-refractivity contribution is 7.20. The molecule has 24 nitrogen and oxygen atoms in total. The van der Waals surface area contributed by atoms with Gasteiger partial charge in [0.1, 0.15) is 61.6 Å². The quantitative estimate of drug-likeness (QED) is 0.0343. The molecular formula is C85H88FN21O3S5. The van der Waals surface area contributed by atoms with E-state index in [9.17, 15) is 9.50 Å². The van der Waals surface area contributed by atoms with Crippen molar-refractivity contribution in [2.45, 2.75) is 162 Å². The van der Waals surface area contributed by atoms with Gasteiger partial charge in [-0.1, -0.05) is 67.9 Å². The van der Waals surface area contributed by atoms with Gasteiger partial charge in [0.05, 0.1) is 71.7 Å². The van der Waals surface area contributed by atoms with E-state index < -0.39 is 0 Å². The van der Waals surface area contributed by atoms with Crippen LogP contribution in [-0.4, -0.2) is 105 Å². The molecule has 19 rings (SSSR count). The second-order valence-electron chi connectivity index (χ2n) is 28.0. The van der Waals surface area contributed by atoms with Crippen LogP contribution in [0, 0.1) is 12.7 Å². The van der Waals surface area contributed by atoms with Crippen molar-refractivity contribution in [3.63, 3.8) is 0 Å². The molecule has 0 unspecified atom stereocenters. The van der Waals surface area contributed by atoms with Crippen LogP contribution in [0.15, 0.2) is 142 Å². The Kier molecular flexibility index (Phi) is 26.2. The number of halogens is 1. The third kappa shape index (κ3) is 18.7. The van der Waals surface area contributed by atoms with E-state index in [1.165, 1.54) is 172 Å².